The molecule has 3 fully saturated rings. The first-order chi connectivity index (χ1) is 7.97. The van der Waals surface area contributed by atoms with Crippen LogP contribution in [0, 0.1) is 0 Å². The maximum atomic E-state index is 11.6. The summed E-state index contributed by atoms with van der Waals surface area (Å²) in [5, 5.41) is 0. The predicted octanol–water partition coefficient (Wildman–Crippen LogP) is 0.721. The molecule has 5 nitrogen and oxygen atoms in total. The van der Waals surface area contributed by atoms with Gasteiger partial charge in [-0.3, -0.25) is 4.79 Å². The summed E-state index contributed by atoms with van der Waals surface area (Å²) in [4.78, 5) is 23.0. The molecule has 0 saturated carbocycles. The lowest BCUT2D eigenvalue weighted by atomic mass is 9.72. The molecule has 3 aliphatic heterocycles. The van der Waals surface area contributed by atoms with Crippen LogP contribution in [0.2, 0.25) is 0 Å². The fourth-order valence-electron chi connectivity index (χ4n) is 3.41. The van der Waals surface area contributed by atoms with Crippen molar-refractivity contribution < 1.29 is 23.8 Å². The van der Waals surface area contributed by atoms with Crippen molar-refractivity contribution in [2.75, 3.05) is 0 Å². The maximum Gasteiger partial charge on any atom is 0.330 e. The van der Waals surface area contributed by atoms with Crippen molar-refractivity contribution in [2.45, 2.75) is 49.6 Å². The Bertz CT molecular complexity index is 417. The van der Waals surface area contributed by atoms with Gasteiger partial charge in [0.25, 0.3) is 0 Å². The zero-order valence-corrected chi connectivity index (χ0v) is 9.60. The minimum atomic E-state index is -0.849. The molecule has 0 radical (unpaired) electrons. The third-order valence-corrected chi connectivity index (χ3v) is 3.83. The smallest absolute Gasteiger partial charge is 0.330 e. The van der Waals surface area contributed by atoms with Gasteiger partial charge in [0, 0.05) is 18.9 Å². The van der Waals surface area contributed by atoms with E-state index in [1.165, 1.54) is 0 Å². The van der Waals surface area contributed by atoms with E-state index >= 15 is 0 Å². The standard InChI is InChI=1S/C12H14O5/c1-3-8(13)17-12-5-7-4-11(2,10(12)15-7)16-9(14)6-12/h3,7,10H,1,4-6H2,2H3. The van der Waals surface area contributed by atoms with Crippen molar-refractivity contribution >= 4 is 11.9 Å². The summed E-state index contributed by atoms with van der Waals surface area (Å²) in [7, 11) is 0. The molecule has 3 heterocycles. The molecule has 3 saturated heterocycles. The molecule has 4 unspecified atom stereocenters. The Hall–Kier alpha value is -1.36. The number of hydrogen-bond acceptors (Lipinski definition) is 5. The summed E-state index contributed by atoms with van der Waals surface area (Å²) in [6.07, 6.45) is 2.09. The second-order valence-electron chi connectivity index (χ2n) is 5.20. The van der Waals surface area contributed by atoms with Gasteiger partial charge < -0.3 is 14.2 Å². The fraction of sp³-hybridized carbons (Fsp3) is 0.667. The number of carbonyl (C=O) groups is 2. The third kappa shape index (κ3) is 1.35. The summed E-state index contributed by atoms with van der Waals surface area (Å²) >= 11 is 0. The van der Waals surface area contributed by atoms with Crippen LogP contribution in [0.5, 0.6) is 0 Å². The number of fused-ring (bicyclic) bond motifs is 1. The first-order valence-corrected chi connectivity index (χ1v) is 5.70. The Balaban J connectivity index is 1.95. The third-order valence-electron chi connectivity index (χ3n) is 3.83. The van der Waals surface area contributed by atoms with Crippen LogP contribution in [-0.2, 0) is 23.8 Å². The Kier molecular flexibility index (Phi) is 1.96. The quantitative estimate of drug-likeness (QED) is 0.524. The minimum absolute atomic E-state index is 0.00992. The van der Waals surface area contributed by atoms with E-state index in [0.29, 0.717) is 12.8 Å². The minimum Gasteiger partial charge on any atom is -0.456 e. The van der Waals surface area contributed by atoms with Gasteiger partial charge in [0.1, 0.15) is 11.7 Å². The maximum absolute atomic E-state index is 11.6. The molecular formula is C12H14O5. The van der Waals surface area contributed by atoms with Crippen molar-refractivity contribution in [3.63, 3.8) is 0 Å². The van der Waals surface area contributed by atoms with Crippen LogP contribution < -0.4 is 0 Å². The molecule has 3 rings (SSSR count). The van der Waals surface area contributed by atoms with Crippen molar-refractivity contribution in [1.29, 1.82) is 0 Å². The SMILES string of the molecule is C=CC(=O)OC12CC(=O)OC3(C)CC(C1)OC32. The van der Waals surface area contributed by atoms with E-state index in [2.05, 4.69) is 6.58 Å². The molecule has 5 heteroatoms. The average Bonchev–Trinajstić information content (AvgIpc) is 2.69. The van der Waals surface area contributed by atoms with Crippen molar-refractivity contribution in [3.8, 4) is 0 Å². The number of esters is 2. The van der Waals surface area contributed by atoms with Crippen LogP contribution in [0.3, 0.4) is 0 Å². The van der Waals surface area contributed by atoms with E-state index in [1.807, 2.05) is 6.92 Å². The van der Waals surface area contributed by atoms with E-state index in [4.69, 9.17) is 14.2 Å². The molecule has 0 aliphatic carbocycles. The number of carbonyl (C=O) groups excluding carboxylic acids is 2. The number of rotatable bonds is 2. The van der Waals surface area contributed by atoms with Crippen LogP contribution in [0.1, 0.15) is 26.2 Å². The highest BCUT2D eigenvalue weighted by atomic mass is 16.6. The van der Waals surface area contributed by atoms with Crippen molar-refractivity contribution in [1.82, 2.24) is 0 Å². The highest BCUT2D eigenvalue weighted by molar-refractivity contribution is 5.83. The summed E-state index contributed by atoms with van der Waals surface area (Å²) in [5.74, 6) is -0.845. The van der Waals surface area contributed by atoms with Crippen LogP contribution in [0.15, 0.2) is 12.7 Å². The summed E-state index contributed by atoms with van der Waals surface area (Å²) in [6.45, 7) is 5.21. The molecule has 92 valence electrons. The van der Waals surface area contributed by atoms with Crippen molar-refractivity contribution in [2.24, 2.45) is 0 Å². The lowest BCUT2D eigenvalue weighted by molar-refractivity contribution is -0.214. The lowest BCUT2D eigenvalue weighted by Gasteiger charge is -2.46. The molecule has 4 atom stereocenters. The molecule has 2 bridgehead atoms. The monoisotopic (exact) mass is 238 g/mol. The van der Waals surface area contributed by atoms with E-state index in [9.17, 15) is 9.59 Å². The average molecular weight is 238 g/mol. The van der Waals surface area contributed by atoms with Gasteiger partial charge in [-0.1, -0.05) is 6.58 Å². The Morgan fingerprint density at radius 2 is 2.35 bits per heavy atom. The Morgan fingerprint density at radius 3 is 3.00 bits per heavy atom. The van der Waals surface area contributed by atoms with Crippen LogP contribution in [0.25, 0.3) is 0 Å². The first kappa shape index (κ1) is 10.8. The Morgan fingerprint density at radius 1 is 1.59 bits per heavy atom. The summed E-state index contributed by atoms with van der Waals surface area (Å²) < 4.78 is 16.5. The van der Waals surface area contributed by atoms with E-state index in [-0.39, 0.29) is 24.6 Å². The van der Waals surface area contributed by atoms with Crippen LogP contribution in [0.4, 0.5) is 0 Å². The van der Waals surface area contributed by atoms with Gasteiger partial charge in [-0.25, -0.2) is 4.79 Å². The number of ether oxygens (including phenoxy) is 3. The largest absolute Gasteiger partial charge is 0.456 e. The normalized spacial score (nSPS) is 46.5. The molecule has 0 aromatic heterocycles. The van der Waals surface area contributed by atoms with Gasteiger partial charge in [0.15, 0.2) is 5.60 Å². The second-order valence-corrected chi connectivity index (χ2v) is 5.20. The lowest BCUT2D eigenvalue weighted by Crippen LogP contribution is -2.62. The second kappa shape index (κ2) is 3.10. The molecule has 17 heavy (non-hydrogen) atoms. The first-order valence-electron chi connectivity index (χ1n) is 5.70. The topological polar surface area (TPSA) is 61.8 Å². The van der Waals surface area contributed by atoms with E-state index in [0.717, 1.165) is 6.08 Å². The van der Waals surface area contributed by atoms with Gasteiger partial charge in [0.05, 0.1) is 12.5 Å². The molecule has 0 amide bonds. The fourth-order valence-corrected chi connectivity index (χ4v) is 3.41. The molecule has 0 spiro atoms. The van der Waals surface area contributed by atoms with Crippen LogP contribution in [-0.4, -0.2) is 35.3 Å². The molecule has 3 aliphatic rings. The molecular weight excluding hydrogens is 224 g/mol. The van der Waals surface area contributed by atoms with Gasteiger partial charge >= 0.3 is 11.9 Å². The zero-order chi connectivity index (χ0) is 12.3. The summed E-state index contributed by atoms with van der Waals surface area (Å²) in [6, 6.07) is 0. The molecule has 0 N–H and O–H groups in total. The van der Waals surface area contributed by atoms with Gasteiger partial charge in [-0.05, 0) is 6.92 Å². The van der Waals surface area contributed by atoms with Gasteiger partial charge in [0.2, 0.25) is 0 Å². The number of hydrogen-bond donors (Lipinski definition) is 0. The summed E-state index contributed by atoms with van der Waals surface area (Å²) in [5.41, 5.74) is -1.50. The van der Waals surface area contributed by atoms with Gasteiger partial charge in [-0.2, -0.15) is 0 Å². The van der Waals surface area contributed by atoms with Gasteiger partial charge in [-0.15, -0.1) is 0 Å². The van der Waals surface area contributed by atoms with E-state index < -0.39 is 17.2 Å². The van der Waals surface area contributed by atoms with Crippen molar-refractivity contribution in [3.05, 3.63) is 12.7 Å². The Labute approximate surface area is 98.7 Å². The van der Waals surface area contributed by atoms with E-state index in [1.54, 1.807) is 0 Å². The highest BCUT2D eigenvalue weighted by Crippen LogP contribution is 2.55. The zero-order valence-electron chi connectivity index (χ0n) is 9.60. The highest BCUT2D eigenvalue weighted by Gasteiger charge is 2.69. The molecule has 0 aromatic rings. The van der Waals surface area contributed by atoms with Crippen LogP contribution >= 0.6 is 0 Å². The predicted molar refractivity (Wildman–Crippen MR) is 56.0 cm³/mol. The molecule has 0 aromatic carbocycles.